The highest BCUT2D eigenvalue weighted by Gasteiger charge is 2.38. The maximum absolute atomic E-state index is 13.5. The molecular weight excluding hydrogens is 660 g/mol. The van der Waals surface area contributed by atoms with Crippen molar-refractivity contribution in [2.75, 3.05) is 27.3 Å². The zero-order valence-corrected chi connectivity index (χ0v) is 30.4. The topological polar surface area (TPSA) is 146 Å². The number of methoxy groups -OCH3 is 2. The number of hydrogen-bond donors (Lipinski definition) is 3. The highest BCUT2D eigenvalue weighted by Crippen LogP contribution is 2.35. The van der Waals surface area contributed by atoms with E-state index in [1.165, 1.54) is 14.2 Å². The monoisotopic (exact) mass is 708 g/mol. The number of halogens is 1. The number of benzene rings is 2. The van der Waals surface area contributed by atoms with Gasteiger partial charge >= 0.3 is 12.2 Å². The number of ether oxygens (including phenoxy) is 2. The van der Waals surface area contributed by atoms with E-state index in [9.17, 15) is 19.2 Å². The van der Waals surface area contributed by atoms with Crippen LogP contribution in [0.4, 0.5) is 9.59 Å². The van der Waals surface area contributed by atoms with Gasteiger partial charge in [0, 0.05) is 13.1 Å². The number of carbonyl (C=O) groups is 4. The van der Waals surface area contributed by atoms with Gasteiger partial charge < -0.3 is 34.9 Å². The van der Waals surface area contributed by atoms with Crippen molar-refractivity contribution in [1.82, 2.24) is 30.4 Å². The summed E-state index contributed by atoms with van der Waals surface area (Å²) in [6, 6.07) is 15.0. The highest BCUT2D eigenvalue weighted by molar-refractivity contribution is 5.87. The number of H-pyrrole nitrogens is 1. The molecule has 2 aliphatic rings. The van der Waals surface area contributed by atoms with Crippen LogP contribution in [0.25, 0.3) is 22.4 Å². The van der Waals surface area contributed by atoms with Gasteiger partial charge in [-0.05, 0) is 59.8 Å². The second-order valence-electron chi connectivity index (χ2n) is 13.5. The van der Waals surface area contributed by atoms with Crippen LogP contribution in [-0.2, 0) is 19.1 Å². The molecule has 2 saturated heterocycles. The van der Waals surface area contributed by atoms with Gasteiger partial charge in [-0.1, -0.05) is 76.2 Å². The van der Waals surface area contributed by atoms with Crippen LogP contribution in [0.15, 0.2) is 54.7 Å². The Morgan fingerprint density at radius 2 is 1.16 bits per heavy atom. The highest BCUT2D eigenvalue weighted by atomic mass is 35.5. The Hall–Kier alpha value is -4.58. The number of nitrogens with zero attached hydrogens (tertiary/aromatic N) is 3. The van der Waals surface area contributed by atoms with Gasteiger partial charge in [0.1, 0.15) is 17.9 Å². The summed E-state index contributed by atoms with van der Waals surface area (Å²) in [6.07, 6.45) is 3.97. The minimum atomic E-state index is -0.684. The molecule has 0 radical (unpaired) electrons. The van der Waals surface area contributed by atoms with Gasteiger partial charge in [0.15, 0.2) is 0 Å². The number of rotatable bonds is 10. The summed E-state index contributed by atoms with van der Waals surface area (Å²) in [5, 5.41) is 5.40. The molecule has 1 aromatic heterocycles. The lowest BCUT2D eigenvalue weighted by Gasteiger charge is -2.31. The Bertz CT molecular complexity index is 1630. The minimum absolute atomic E-state index is 0. The summed E-state index contributed by atoms with van der Waals surface area (Å²) in [5.74, 6) is 0.315. The molecule has 2 aliphatic heterocycles. The zero-order valence-electron chi connectivity index (χ0n) is 29.6. The van der Waals surface area contributed by atoms with Crippen molar-refractivity contribution in [1.29, 1.82) is 0 Å². The Morgan fingerprint density at radius 1 is 0.720 bits per heavy atom. The first-order valence-electron chi connectivity index (χ1n) is 17.1. The van der Waals surface area contributed by atoms with E-state index in [2.05, 4.69) is 57.0 Å². The predicted octanol–water partition coefficient (Wildman–Crippen LogP) is 6.25. The Kier molecular flexibility index (Phi) is 12.9. The van der Waals surface area contributed by atoms with Gasteiger partial charge in [0.05, 0.1) is 38.2 Å². The zero-order chi connectivity index (χ0) is 35.2. The number of aromatic amines is 1. The Balaban J connectivity index is 0.00000562. The first kappa shape index (κ1) is 38.2. The average Bonchev–Trinajstić information content (AvgIpc) is 3.90. The van der Waals surface area contributed by atoms with Crippen molar-refractivity contribution < 1.29 is 28.7 Å². The van der Waals surface area contributed by atoms with Crippen LogP contribution < -0.4 is 10.6 Å². The minimum Gasteiger partial charge on any atom is -0.453 e. The number of imidazole rings is 1. The molecule has 3 heterocycles. The molecule has 4 atom stereocenters. The second-order valence-corrected chi connectivity index (χ2v) is 13.5. The van der Waals surface area contributed by atoms with Gasteiger partial charge in [0.25, 0.3) is 0 Å². The van der Waals surface area contributed by atoms with Gasteiger partial charge in [0.2, 0.25) is 11.8 Å². The standard InChI is InChI=1S/C37H48N6O6.ClH/c1-22(2)31(40-36(46)48-5)34(44)42-19-7-9-29(42)27-17-13-25(14-18-27)24-11-15-26(16-12-24)28-21-38-33(39-28)30-10-8-20-43(30)35(45)32(23(3)4)41-37(47)49-6;/h11-18,21-23,29-32H,7-10,19-20H2,1-6H3,(H,38,39)(H,40,46)(H,41,47);1H. The fourth-order valence-electron chi connectivity index (χ4n) is 6.84. The molecule has 0 aliphatic carbocycles. The van der Waals surface area contributed by atoms with Gasteiger partial charge in [-0.2, -0.15) is 0 Å². The smallest absolute Gasteiger partial charge is 0.407 e. The second kappa shape index (κ2) is 16.9. The van der Waals surface area contributed by atoms with E-state index in [1.54, 1.807) is 11.1 Å². The van der Waals surface area contributed by atoms with E-state index in [0.717, 1.165) is 59.5 Å². The molecule has 13 heteroatoms. The van der Waals surface area contributed by atoms with Crippen molar-refractivity contribution in [3.63, 3.8) is 0 Å². The molecule has 3 aromatic rings. The van der Waals surface area contributed by atoms with Crippen molar-refractivity contribution in [2.24, 2.45) is 11.8 Å². The van der Waals surface area contributed by atoms with Gasteiger partial charge in [-0.25, -0.2) is 14.6 Å². The van der Waals surface area contributed by atoms with E-state index in [4.69, 9.17) is 9.47 Å². The number of hydrogen-bond acceptors (Lipinski definition) is 7. The number of carbonyl (C=O) groups excluding carboxylic acids is 4. The van der Waals surface area contributed by atoms with Crippen molar-refractivity contribution >= 4 is 36.4 Å². The van der Waals surface area contributed by atoms with Crippen LogP contribution in [-0.4, -0.2) is 83.2 Å². The molecular formula is C37H49ClN6O6. The third-order valence-corrected chi connectivity index (χ3v) is 9.59. The van der Waals surface area contributed by atoms with E-state index in [0.29, 0.717) is 13.1 Å². The summed E-state index contributed by atoms with van der Waals surface area (Å²) in [4.78, 5) is 62.6. The van der Waals surface area contributed by atoms with Crippen LogP contribution in [0.1, 0.15) is 76.8 Å². The molecule has 0 saturated carbocycles. The SMILES string of the molecule is COC(=O)NC(C(=O)N1CCCC1c1ccc(-c2ccc(-c3cnc(C4CCCN4C(=O)C(NC(=O)OC)C(C)C)[nH]3)cc2)cc1)C(C)C.Cl. The molecule has 2 aromatic carbocycles. The fourth-order valence-corrected chi connectivity index (χ4v) is 6.84. The van der Waals surface area contributed by atoms with Crippen LogP contribution >= 0.6 is 12.4 Å². The number of alkyl carbamates (subject to hydrolysis) is 2. The number of aromatic nitrogens is 2. The molecule has 0 bridgehead atoms. The molecule has 5 rings (SSSR count). The maximum atomic E-state index is 13.5. The summed E-state index contributed by atoms with van der Waals surface area (Å²) in [7, 11) is 2.59. The normalized spacial score (nSPS) is 18.4. The molecule has 2 fully saturated rings. The quantitative estimate of drug-likeness (QED) is 0.226. The molecule has 3 N–H and O–H groups in total. The molecule has 0 spiro atoms. The van der Waals surface area contributed by atoms with E-state index < -0.39 is 24.3 Å². The van der Waals surface area contributed by atoms with Gasteiger partial charge in [-0.3, -0.25) is 9.59 Å². The molecule has 270 valence electrons. The molecule has 4 amide bonds. The van der Waals surface area contributed by atoms with E-state index in [1.807, 2.05) is 44.7 Å². The lowest BCUT2D eigenvalue weighted by Crippen LogP contribution is -2.51. The lowest BCUT2D eigenvalue weighted by molar-refractivity contribution is -0.136. The van der Waals surface area contributed by atoms with Crippen molar-refractivity contribution in [2.45, 2.75) is 77.5 Å². The lowest BCUT2D eigenvalue weighted by atomic mass is 9.97. The van der Waals surface area contributed by atoms with Crippen LogP contribution in [0, 0.1) is 11.8 Å². The number of amides is 4. The first-order chi connectivity index (χ1) is 23.5. The Morgan fingerprint density at radius 3 is 1.64 bits per heavy atom. The van der Waals surface area contributed by atoms with Crippen LogP contribution in [0.3, 0.4) is 0 Å². The van der Waals surface area contributed by atoms with E-state index in [-0.39, 0.29) is 48.1 Å². The fraction of sp³-hybridized carbons (Fsp3) is 0.486. The summed E-state index contributed by atoms with van der Waals surface area (Å²) in [5.41, 5.74) is 5.02. The first-order valence-corrected chi connectivity index (χ1v) is 17.1. The summed E-state index contributed by atoms with van der Waals surface area (Å²) in [6.45, 7) is 8.87. The van der Waals surface area contributed by atoms with Crippen molar-refractivity contribution in [3.8, 4) is 22.4 Å². The predicted molar refractivity (Wildman–Crippen MR) is 192 cm³/mol. The van der Waals surface area contributed by atoms with Gasteiger partial charge in [-0.15, -0.1) is 12.4 Å². The van der Waals surface area contributed by atoms with Crippen molar-refractivity contribution in [3.05, 3.63) is 66.1 Å². The molecule has 50 heavy (non-hydrogen) atoms. The molecule has 12 nitrogen and oxygen atoms in total. The van der Waals surface area contributed by atoms with E-state index >= 15 is 0 Å². The third kappa shape index (κ3) is 8.40. The maximum Gasteiger partial charge on any atom is 0.407 e. The Labute approximate surface area is 300 Å². The molecule has 4 unspecified atom stereocenters. The van der Waals surface area contributed by atoms with Crippen LogP contribution in [0.5, 0.6) is 0 Å². The number of nitrogens with one attached hydrogen (secondary N) is 3. The third-order valence-electron chi connectivity index (χ3n) is 9.59. The van der Waals surface area contributed by atoms with Crippen LogP contribution in [0.2, 0.25) is 0 Å². The number of likely N-dealkylation sites (tertiary alicyclic amines) is 2. The summed E-state index contributed by atoms with van der Waals surface area (Å²) < 4.78 is 9.49. The largest absolute Gasteiger partial charge is 0.453 e. The summed E-state index contributed by atoms with van der Waals surface area (Å²) >= 11 is 0. The average molecular weight is 709 g/mol.